The molecule has 0 bridgehead atoms. The van der Waals surface area contributed by atoms with Crippen molar-refractivity contribution >= 4 is 11.7 Å². The zero-order chi connectivity index (χ0) is 31.7. The van der Waals surface area contributed by atoms with E-state index in [0.29, 0.717) is 26.3 Å². The maximum absolute atomic E-state index is 14.6. The standard InChI is InChI=1S/C29H30F7N3O4/c1-16(2)19(15-37)13-22(40)21-14-27(30,31)8-7-20(21)24-23(38-26(43-24)28(32,33)29(34,35)36)17-3-5-18(6-4-17)25(41)39-9-11-42-12-10-39/h3-6,16,19-21H,7-14H2,1-2H3/t19-,20-,21-/m1/s1. The number of morpholine rings is 1. The van der Waals surface area contributed by atoms with Gasteiger partial charge in [-0.05, 0) is 24.5 Å². The molecular weight excluding hydrogens is 587 g/mol. The van der Waals surface area contributed by atoms with Crippen molar-refractivity contribution in [3.8, 4) is 17.3 Å². The van der Waals surface area contributed by atoms with Crippen molar-refractivity contribution in [2.75, 3.05) is 26.3 Å². The molecule has 1 saturated heterocycles. The van der Waals surface area contributed by atoms with Crippen LogP contribution in [0.5, 0.6) is 0 Å². The molecular formula is C29H30F7N3O4. The first-order valence-electron chi connectivity index (χ1n) is 13.8. The molecule has 234 valence electrons. The Balaban J connectivity index is 1.77. The highest BCUT2D eigenvalue weighted by Crippen LogP contribution is 2.51. The number of Topliss-reactive ketones (excluding diaryl/α,β-unsaturated/α-hetero) is 1. The Bertz CT molecular complexity index is 1360. The molecule has 1 aromatic heterocycles. The molecule has 1 aliphatic heterocycles. The minimum Gasteiger partial charge on any atom is -0.439 e. The van der Waals surface area contributed by atoms with Crippen LogP contribution in [0.25, 0.3) is 11.3 Å². The Morgan fingerprint density at radius 3 is 2.30 bits per heavy atom. The number of hydrogen-bond acceptors (Lipinski definition) is 6. The van der Waals surface area contributed by atoms with Crippen LogP contribution in [0.15, 0.2) is 28.7 Å². The monoisotopic (exact) mass is 617 g/mol. The van der Waals surface area contributed by atoms with E-state index < -0.39 is 84.6 Å². The Kier molecular flexibility index (Phi) is 9.25. The van der Waals surface area contributed by atoms with Gasteiger partial charge in [-0.3, -0.25) is 9.59 Å². The second-order valence-electron chi connectivity index (χ2n) is 11.2. The molecule has 0 spiro atoms. The van der Waals surface area contributed by atoms with Crippen molar-refractivity contribution < 1.29 is 49.5 Å². The Hall–Kier alpha value is -3.47. The van der Waals surface area contributed by atoms with E-state index in [2.05, 4.69) is 4.98 Å². The van der Waals surface area contributed by atoms with Gasteiger partial charge < -0.3 is 14.1 Å². The molecule has 2 aliphatic rings. The van der Waals surface area contributed by atoms with E-state index in [1.54, 1.807) is 13.8 Å². The summed E-state index contributed by atoms with van der Waals surface area (Å²) >= 11 is 0. The molecule has 1 saturated carbocycles. The lowest BCUT2D eigenvalue weighted by atomic mass is 9.71. The average molecular weight is 618 g/mol. The second-order valence-corrected chi connectivity index (χ2v) is 11.2. The molecule has 14 heteroatoms. The van der Waals surface area contributed by atoms with Crippen LogP contribution < -0.4 is 0 Å². The van der Waals surface area contributed by atoms with Gasteiger partial charge in [-0.15, -0.1) is 0 Å². The minimum absolute atomic E-state index is 0.0119. The highest BCUT2D eigenvalue weighted by molar-refractivity contribution is 5.94. The largest absolute Gasteiger partial charge is 0.463 e. The van der Waals surface area contributed by atoms with Gasteiger partial charge in [-0.2, -0.15) is 27.2 Å². The molecule has 2 fully saturated rings. The fraction of sp³-hybridized carbons (Fsp3) is 0.586. The third-order valence-electron chi connectivity index (χ3n) is 7.95. The van der Waals surface area contributed by atoms with Crippen molar-refractivity contribution in [2.45, 2.75) is 63.5 Å². The summed E-state index contributed by atoms with van der Waals surface area (Å²) in [5.41, 5.74) is -0.279. The number of nitriles is 1. The molecule has 43 heavy (non-hydrogen) atoms. The number of amides is 1. The summed E-state index contributed by atoms with van der Waals surface area (Å²) in [4.78, 5) is 31.2. The third kappa shape index (κ3) is 6.87. The summed E-state index contributed by atoms with van der Waals surface area (Å²) in [6.07, 6.45) is -8.71. The Morgan fingerprint density at radius 2 is 1.74 bits per heavy atom. The van der Waals surface area contributed by atoms with Gasteiger partial charge in [0, 0.05) is 55.3 Å². The average Bonchev–Trinajstić information content (AvgIpc) is 3.40. The number of hydrogen-bond donors (Lipinski definition) is 0. The van der Waals surface area contributed by atoms with Gasteiger partial charge >= 0.3 is 12.1 Å². The van der Waals surface area contributed by atoms with Gasteiger partial charge in [0.25, 0.3) is 11.8 Å². The maximum Gasteiger partial charge on any atom is 0.463 e. The van der Waals surface area contributed by atoms with Crippen LogP contribution >= 0.6 is 0 Å². The number of oxazole rings is 1. The van der Waals surface area contributed by atoms with Crippen molar-refractivity contribution in [3.05, 3.63) is 41.5 Å². The zero-order valence-corrected chi connectivity index (χ0v) is 23.4. The predicted molar refractivity (Wildman–Crippen MR) is 137 cm³/mol. The van der Waals surface area contributed by atoms with Crippen molar-refractivity contribution in [3.63, 3.8) is 0 Å². The van der Waals surface area contributed by atoms with E-state index >= 15 is 0 Å². The number of nitrogens with zero attached hydrogens (tertiary/aromatic N) is 3. The van der Waals surface area contributed by atoms with Crippen LogP contribution in [0, 0.1) is 29.1 Å². The molecule has 2 aromatic rings. The molecule has 3 atom stereocenters. The van der Waals surface area contributed by atoms with Crippen LogP contribution in [-0.4, -0.2) is 60.0 Å². The quantitative estimate of drug-likeness (QED) is 0.305. The van der Waals surface area contributed by atoms with Gasteiger partial charge in [0.1, 0.15) is 17.2 Å². The lowest BCUT2D eigenvalue weighted by Crippen LogP contribution is -2.40. The lowest BCUT2D eigenvalue weighted by molar-refractivity contribution is -0.297. The molecule has 1 aliphatic carbocycles. The number of ether oxygens (including phenoxy) is 1. The summed E-state index contributed by atoms with van der Waals surface area (Å²) in [5.74, 6) is -16.4. The third-order valence-corrected chi connectivity index (χ3v) is 7.95. The van der Waals surface area contributed by atoms with Gasteiger partial charge in [0.2, 0.25) is 5.92 Å². The molecule has 0 unspecified atom stereocenters. The number of aromatic nitrogens is 1. The molecule has 4 rings (SSSR count). The van der Waals surface area contributed by atoms with E-state index in [-0.39, 0.29) is 23.0 Å². The molecule has 7 nitrogen and oxygen atoms in total. The number of alkyl halides is 7. The summed E-state index contributed by atoms with van der Waals surface area (Å²) in [5, 5.41) is 9.43. The van der Waals surface area contributed by atoms with Gasteiger partial charge in [-0.1, -0.05) is 26.0 Å². The van der Waals surface area contributed by atoms with Crippen molar-refractivity contribution in [2.24, 2.45) is 17.8 Å². The van der Waals surface area contributed by atoms with Crippen LogP contribution in [-0.2, 0) is 15.5 Å². The van der Waals surface area contributed by atoms with E-state index in [4.69, 9.17) is 9.15 Å². The normalized spacial score (nSPS) is 21.8. The fourth-order valence-corrected chi connectivity index (χ4v) is 5.35. The molecule has 2 heterocycles. The summed E-state index contributed by atoms with van der Waals surface area (Å²) in [7, 11) is 0. The summed E-state index contributed by atoms with van der Waals surface area (Å²) in [6.45, 7) is 4.71. The number of carbonyl (C=O) groups excluding carboxylic acids is 2. The number of halogens is 7. The smallest absolute Gasteiger partial charge is 0.439 e. The summed E-state index contributed by atoms with van der Waals surface area (Å²) < 4.78 is 108. The SMILES string of the molecule is CC(C)[C@@H](C#N)CC(=O)[C@@H]1CC(F)(F)CC[C@H]1c1oc(C(F)(F)C(F)(F)F)nc1-c1ccc(C(=O)N2CCOCC2)cc1. The van der Waals surface area contributed by atoms with E-state index in [9.17, 15) is 45.6 Å². The highest BCUT2D eigenvalue weighted by Gasteiger charge is 2.63. The second kappa shape index (κ2) is 12.3. The first-order chi connectivity index (χ1) is 20.1. The van der Waals surface area contributed by atoms with Crippen LogP contribution in [0.2, 0.25) is 0 Å². The Morgan fingerprint density at radius 1 is 1.12 bits per heavy atom. The number of rotatable bonds is 8. The minimum atomic E-state index is -6.08. The van der Waals surface area contributed by atoms with E-state index in [1.807, 2.05) is 6.07 Å². The first-order valence-corrected chi connectivity index (χ1v) is 13.8. The molecule has 1 amide bonds. The van der Waals surface area contributed by atoms with E-state index in [0.717, 1.165) is 0 Å². The van der Waals surface area contributed by atoms with Crippen LogP contribution in [0.4, 0.5) is 30.7 Å². The number of benzene rings is 1. The van der Waals surface area contributed by atoms with Crippen LogP contribution in [0.3, 0.4) is 0 Å². The van der Waals surface area contributed by atoms with Gasteiger partial charge in [0.05, 0.1) is 25.2 Å². The number of carbonyl (C=O) groups is 2. The highest BCUT2D eigenvalue weighted by atomic mass is 19.4. The predicted octanol–water partition coefficient (Wildman–Crippen LogP) is 6.74. The maximum atomic E-state index is 14.6. The molecule has 0 radical (unpaired) electrons. The Labute approximate surface area is 243 Å². The first kappa shape index (κ1) is 32.4. The van der Waals surface area contributed by atoms with Crippen molar-refractivity contribution in [1.29, 1.82) is 5.26 Å². The van der Waals surface area contributed by atoms with Gasteiger partial charge in [0.15, 0.2) is 0 Å². The molecule has 0 N–H and O–H groups in total. The lowest BCUT2D eigenvalue weighted by Gasteiger charge is -2.35. The topological polar surface area (TPSA) is 96.4 Å². The van der Waals surface area contributed by atoms with E-state index in [1.165, 1.54) is 29.2 Å². The van der Waals surface area contributed by atoms with Gasteiger partial charge in [-0.25, -0.2) is 13.8 Å². The van der Waals surface area contributed by atoms with Crippen LogP contribution in [0.1, 0.15) is 67.5 Å². The zero-order valence-electron chi connectivity index (χ0n) is 23.4. The van der Waals surface area contributed by atoms with Crippen molar-refractivity contribution in [1.82, 2.24) is 9.88 Å². The summed E-state index contributed by atoms with van der Waals surface area (Å²) in [6, 6.07) is 7.20. The number of ketones is 1. The fourth-order valence-electron chi connectivity index (χ4n) is 5.35. The molecule has 1 aromatic carbocycles.